The Bertz CT molecular complexity index is 1100. The maximum absolute atomic E-state index is 12.2. The first-order valence-electron chi connectivity index (χ1n) is 8.50. The number of halogens is 1. The molecule has 2 heterocycles. The largest absolute Gasteiger partial charge is 0.487 e. The Kier molecular flexibility index (Phi) is 4.98. The van der Waals surface area contributed by atoms with Gasteiger partial charge >= 0.3 is 0 Å². The van der Waals surface area contributed by atoms with Gasteiger partial charge in [-0.25, -0.2) is 4.68 Å². The van der Waals surface area contributed by atoms with E-state index in [4.69, 9.17) is 4.74 Å². The number of benzene rings is 2. The second-order valence-corrected chi connectivity index (χ2v) is 6.93. The van der Waals surface area contributed by atoms with Crippen LogP contribution in [0.5, 0.6) is 5.75 Å². The molecule has 5 nitrogen and oxygen atoms in total. The Morgan fingerprint density at radius 2 is 2.07 bits per heavy atom. The van der Waals surface area contributed by atoms with Gasteiger partial charge in [0.15, 0.2) is 0 Å². The first-order valence-corrected chi connectivity index (χ1v) is 9.29. The molecule has 2 aromatic carbocycles. The van der Waals surface area contributed by atoms with Crippen LogP contribution >= 0.6 is 15.9 Å². The van der Waals surface area contributed by atoms with E-state index in [1.54, 1.807) is 10.9 Å². The average Bonchev–Trinajstić information content (AvgIpc) is 2.92. The number of rotatable bonds is 4. The van der Waals surface area contributed by atoms with Crippen molar-refractivity contribution < 1.29 is 4.74 Å². The Morgan fingerprint density at radius 1 is 1.15 bits per heavy atom. The number of hydrogen-bond donors (Lipinski definition) is 0. The molecule has 4 rings (SSSR count). The van der Waals surface area contributed by atoms with Crippen LogP contribution in [0.3, 0.4) is 0 Å². The predicted molar refractivity (Wildman–Crippen MR) is 110 cm³/mol. The second kappa shape index (κ2) is 7.72. The molecular formula is C21H16BrN3O2. The highest BCUT2D eigenvalue weighted by Gasteiger charge is 2.08. The summed E-state index contributed by atoms with van der Waals surface area (Å²) in [5.74, 6) is 0.676. The van der Waals surface area contributed by atoms with Gasteiger partial charge < -0.3 is 4.74 Å². The van der Waals surface area contributed by atoms with E-state index in [1.165, 1.54) is 6.07 Å². The van der Waals surface area contributed by atoms with Crippen molar-refractivity contribution in [3.8, 4) is 11.4 Å². The Balaban J connectivity index is 1.57. The average molecular weight is 422 g/mol. The van der Waals surface area contributed by atoms with E-state index in [0.717, 1.165) is 27.8 Å². The van der Waals surface area contributed by atoms with Crippen LogP contribution in [0.4, 0.5) is 5.69 Å². The van der Waals surface area contributed by atoms with Crippen molar-refractivity contribution in [1.29, 1.82) is 0 Å². The van der Waals surface area contributed by atoms with E-state index in [2.05, 4.69) is 32.1 Å². The normalized spacial score (nSPS) is 12.5. The third kappa shape index (κ3) is 4.06. The van der Waals surface area contributed by atoms with Gasteiger partial charge in [0, 0.05) is 34.9 Å². The van der Waals surface area contributed by atoms with E-state index < -0.39 is 0 Å². The molecule has 134 valence electrons. The van der Waals surface area contributed by atoms with Crippen LogP contribution in [0.15, 0.2) is 75.1 Å². The number of aromatic nitrogens is 2. The maximum Gasteiger partial charge on any atom is 0.206 e. The topological polar surface area (TPSA) is 56.5 Å². The first kappa shape index (κ1) is 17.4. The minimum absolute atomic E-state index is 0.0967. The minimum Gasteiger partial charge on any atom is -0.487 e. The number of allylic oxidation sites excluding steroid dienone is 1. The molecule has 0 spiro atoms. The van der Waals surface area contributed by atoms with Crippen molar-refractivity contribution in [3.63, 3.8) is 0 Å². The number of hydrogen-bond acceptors (Lipinski definition) is 4. The summed E-state index contributed by atoms with van der Waals surface area (Å²) in [6.07, 6.45) is 8.42. The number of nitrogens with zero attached hydrogens (tertiary/aromatic N) is 3. The summed E-state index contributed by atoms with van der Waals surface area (Å²) >= 11 is 3.45. The summed E-state index contributed by atoms with van der Waals surface area (Å²) in [7, 11) is 0. The van der Waals surface area contributed by atoms with Gasteiger partial charge in [-0.15, -0.1) is 0 Å². The summed E-state index contributed by atoms with van der Waals surface area (Å²) in [6, 6.07) is 14.9. The Morgan fingerprint density at radius 3 is 2.96 bits per heavy atom. The van der Waals surface area contributed by atoms with Crippen molar-refractivity contribution in [2.75, 3.05) is 0 Å². The van der Waals surface area contributed by atoms with Gasteiger partial charge in [-0.05, 0) is 36.4 Å². The molecule has 0 radical (unpaired) electrons. The molecule has 0 saturated heterocycles. The molecule has 27 heavy (non-hydrogen) atoms. The molecule has 0 fully saturated rings. The molecule has 1 aromatic heterocycles. The molecule has 0 amide bonds. The monoisotopic (exact) mass is 421 g/mol. The minimum atomic E-state index is -0.152. The molecule has 6 heteroatoms. The van der Waals surface area contributed by atoms with Gasteiger partial charge in [0.25, 0.3) is 0 Å². The van der Waals surface area contributed by atoms with E-state index >= 15 is 0 Å². The smallest absolute Gasteiger partial charge is 0.206 e. The van der Waals surface area contributed by atoms with Crippen LogP contribution in [-0.2, 0) is 6.61 Å². The summed E-state index contributed by atoms with van der Waals surface area (Å²) in [5, 5.41) is 4.42. The predicted octanol–water partition coefficient (Wildman–Crippen LogP) is 4.69. The number of ether oxygens (including phenoxy) is 1. The SMILES string of the molecule is O=c1ccn(-c2cccc(Br)c2)nc1COc1ccc2c(c1)C=CCC=N2. The number of fused-ring (bicyclic) bond motifs is 1. The standard InChI is InChI=1S/C21H16BrN3O2/c22-16-5-3-6-17(13-16)25-11-9-21(26)20(24-25)14-27-18-7-8-19-15(12-18)4-1-2-10-23-19/h1,3-13H,2,14H2. The zero-order valence-electron chi connectivity index (χ0n) is 14.4. The third-order valence-electron chi connectivity index (χ3n) is 4.10. The molecule has 3 aromatic rings. The molecule has 0 unspecified atom stereocenters. The van der Waals surface area contributed by atoms with Crippen molar-refractivity contribution in [2.45, 2.75) is 13.0 Å². The Labute approximate surface area is 164 Å². The summed E-state index contributed by atoms with van der Waals surface area (Å²) < 4.78 is 8.43. The highest BCUT2D eigenvalue weighted by molar-refractivity contribution is 9.10. The quantitative estimate of drug-likeness (QED) is 0.613. The molecule has 1 aliphatic heterocycles. The molecular weight excluding hydrogens is 406 g/mol. The van der Waals surface area contributed by atoms with Crippen LogP contribution in [0.2, 0.25) is 0 Å². The summed E-state index contributed by atoms with van der Waals surface area (Å²) in [5.41, 5.74) is 2.96. The van der Waals surface area contributed by atoms with Gasteiger partial charge in [0.2, 0.25) is 5.43 Å². The highest BCUT2D eigenvalue weighted by Crippen LogP contribution is 2.27. The lowest BCUT2D eigenvalue weighted by Gasteiger charge is -2.10. The van der Waals surface area contributed by atoms with Crippen molar-refractivity contribution in [3.05, 3.63) is 86.8 Å². The van der Waals surface area contributed by atoms with Crippen LogP contribution in [0.25, 0.3) is 11.8 Å². The van der Waals surface area contributed by atoms with Crippen LogP contribution in [0.1, 0.15) is 17.7 Å². The summed E-state index contributed by atoms with van der Waals surface area (Å²) in [4.78, 5) is 16.6. The number of aliphatic imine (C=N–C) groups is 1. The van der Waals surface area contributed by atoms with E-state index in [1.807, 2.05) is 54.8 Å². The van der Waals surface area contributed by atoms with Crippen LogP contribution in [0, 0.1) is 0 Å². The van der Waals surface area contributed by atoms with Crippen molar-refractivity contribution in [1.82, 2.24) is 9.78 Å². The lowest BCUT2D eigenvalue weighted by molar-refractivity contribution is 0.297. The van der Waals surface area contributed by atoms with Gasteiger partial charge in [0.05, 0.1) is 11.4 Å². The van der Waals surface area contributed by atoms with Gasteiger partial charge in [-0.2, -0.15) is 5.10 Å². The van der Waals surface area contributed by atoms with Crippen LogP contribution in [-0.4, -0.2) is 16.0 Å². The molecule has 0 N–H and O–H groups in total. The molecule has 0 bridgehead atoms. The van der Waals surface area contributed by atoms with Gasteiger partial charge in [-0.1, -0.05) is 34.1 Å². The summed E-state index contributed by atoms with van der Waals surface area (Å²) in [6.45, 7) is 0.0967. The second-order valence-electron chi connectivity index (χ2n) is 6.01. The highest BCUT2D eigenvalue weighted by atomic mass is 79.9. The fourth-order valence-corrected chi connectivity index (χ4v) is 3.13. The van der Waals surface area contributed by atoms with Gasteiger partial charge in [-0.3, -0.25) is 9.79 Å². The lowest BCUT2D eigenvalue weighted by atomic mass is 10.1. The Hall–Kier alpha value is -2.99. The molecule has 0 atom stereocenters. The molecule has 0 saturated carbocycles. The van der Waals surface area contributed by atoms with Crippen molar-refractivity contribution in [2.24, 2.45) is 4.99 Å². The maximum atomic E-state index is 12.2. The fourth-order valence-electron chi connectivity index (χ4n) is 2.74. The first-order chi connectivity index (χ1) is 13.2. The van der Waals surface area contributed by atoms with Crippen LogP contribution < -0.4 is 10.2 Å². The zero-order valence-corrected chi connectivity index (χ0v) is 16.0. The lowest BCUT2D eigenvalue weighted by Crippen LogP contribution is -2.17. The zero-order chi connectivity index (χ0) is 18.6. The fraction of sp³-hybridized carbons (Fsp3) is 0.0952. The van der Waals surface area contributed by atoms with E-state index in [-0.39, 0.29) is 12.0 Å². The third-order valence-corrected chi connectivity index (χ3v) is 4.59. The van der Waals surface area contributed by atoms with E-state index in [9.17, 15) is 4.79 Å². The van der Waals surface area contributed by atoms with Crippen molar-refractivity contribution >= 4 is 33.9 Å². The molecule has 0 aliphatic carbocycles. The van der Waals surface area contributed by atoms with E-state index in [0.29, 0.717) is 11.4 Å². The molecule has 1 aliphatic rings. The van der Waals surface area contributed by atoms with Gasteiger partial charge in [0.1, 0.15) is 18.1 Å².